The Kier molecular flexibility index (Phi) is 6.76. The lowest BCUT2D eigenvalue weighted by Crippen LogP contribution is -2.28. The second-order valence-electron chi connectivity index (χ2n) is 4.87. The van der Waals surface area contributed by atoms with E-state index in [1.54, 1.807) is 7.11 Å². The van der Waals surface area contributed by atoms with Gasteiger partial charge in [0, 0.05) is 32.2 Å². The highest BCUT2D eigenvalue weighted by Crippen LogP contribution is 2.15. The SMILES string of the molecule is COCCCOc1[c]ccc(CC(N)C(C)C)c1. The molecule has 0 aliphatic heterocycles. The van der Waals surface area contributed by atoms with Gasteiger partial charge in [-0.2, -0.15) is 0 Å². The third-order valence-electron chi connectivity index (χ3n) is 2.92. The molecule has 0 saturated carbocycles. The van der Waals surface area contributed by atoms with Crippen LogP contribution in [0.1, 0.15) is 25.8 Å². The lowest BCUT2D eigenvalue weighted by atomic mass is 9.97. The summed E-state index contributed by atoms with van der Waals surface area (Å²) in [6, 6.07) is 9.24. The summed E-state index contributed by atoms with van der Waals surface area (Å²) in [6.07, 6.45) is 1.76. The summed E-state index contributed by atoms with van der Waals surface area (Å²) in [7, 11) is 1.69. The van der Waals surface area contributed by atoms with Gasteiger partial charge in [0.2, 0.25) is 0 Å². The molecule has 0 bridgehead atoms. The Balaban J connectivity index is 2.46. The maximum atomic E-state index is 6.07. The second-order valence-corrected chi connectivity index (χ2v) is 4.87. The number of methoxy groups -OCH3 is 1. The van der Waals surface area contributed by atoms with Gasteiger partial charge in [0.05, 0.1) is 6.61 Å². The summed E-state index contributed by atoms with van der Waals surface area (Å²) in [6.45, 7) is 5.66. The third-order valence-corrected chi connectivity index (χ3v) is 2.92. The molecule has 3 heteroatoms. The smallest absolute Gasteiger partial charge is 0.127 e. The average Bonchev–Trinajstić information content (AvgIpc) is 2.35. The molecule has 0 spiro atoms. The molecule has 0 heterocycles. The Morgan fingerprint density at radius 2 is 2.11 bits per heavy atom. The zero-order valence-electron chi connectivity index (χ0n) is 11.6. The molecule has 101 valence electrons. The van der Waals surface area contributed by atoms with Crippen LogP contribution in [0.4, 0.5) is 0 Å². The maximum Gasteiger partial charge on any atom is 0.127 e. The minimum Gasteiger partial charge on any atom is -0.493 e. The van der Waals surface area contributed by atoms with Crippen LogP contribution in [-0.2, 0) is 11.2 Å². The third kappa shape index (κ3) is 5.52. The molecule has 0 amide bonds. The molecule has 0 fully saturated rings. The van der Waals surface area contributed by atoms with Crippen molar-refractivity contribution in [2.24, 2.45) is 11.7 Å². The first-order valence-corrected chi connectivity index (χ1v) is 6.51. The van der Waals surface area contributed by atoms with Crippen LogP contribution < -0.4 is 10.5 Å². The van der Waals surface area contributed by atoms with Gasteiger partial charge in [-0.1, -0.05) is 26.0 Å². The number of benzene rings is 1. The van der Waals surface area contributed by atoms with Crippen LogP contribution in [0.15, 0.2) is 18.2 Å². The van der Waals surface area contributed by atoms with Crippen LogP contribution in [0, 0.1) is 12.0 Å². The fourth-order valence-electron chi connectivity index (χ4n) is 1.59. The van der Waals surface area contributed by atoms with E-state index in [-0.39, 0.29) is 6.04 Å². The number of hydrogen-bond donors (Lipinski definition) is 1. The topological polar surface area (TPSA) is 44.5 Å². The van der Waals surface area contributed by atoms with E-state index in [0.717, 1.165) is 25.2 Å². The summed E-state index contributed by atoms with van der Waals surface area (Å²) in [5, 5.41) is 0. The molecule has 1 rings (SSSR count). The van der Waals surface area contributed by atoms with E-state index in [1.807, 2.05) is 18.2 Å². The molecule has 2 N–H and O–H groups in total. The highest BCUT2D eigenvalue weighted by molar-refractivity contribution is 5.27. The molecule has 1 atom stereocenters. The van der Waals surface area contributed by atoms with E-state index in [1.165, 1.54) is 5.56 Å². The number of rotatable bonds is 8. The van der Waals surface area contributed by atoms with Crippen molar-refractivity contribution in [1.82, 2.24) is 0 Å². The zero-order valence-corrected chi connectivity index (χ0v) is 11.6. The van der Waals surface area contributed by atoms with Crippen molar-refractivity contribution >= 4 is 0 Å². The van der Waals surface area contributed by atoms with Crippen molar-refractivity contribution in [3.63, 3.8) is 0 Å². The van der Waals surface area contributed by atoms with E-state index >= 15 is 0 Å². The molecule has 1 aromatic rings. The predicted octanol–water partition coefficient (Wildman–Crippen LogP) is 2.43. The van der Waals surface area contributed by atoms with Crippen molar-refractivity contribution in [3.8, 4) is 5.75 Å². The molecule has 0 saturated heterocycles. The molecule has 0 aliphatic rings. The number of ether oxygens (including phenoxy) is 2. The van der Waals surface area contributed by atoms with E-state index in [2.05, 4.69) is 19.9 Å². The average molecular weight is 250 g/mol. The van der Waals surface area contributed by atoms with Crippen LogP contribution in [0.2, 0.25) is 0 Å². The summed E-state index contributed by atoms with van der Waals surface area (Å²) in [5.74, 6) is 1.28. The van der Waals surface area contributed by atoms with Crippen LogP contribution in [-0.4, -0.2) is 26.4 Å². The molecule has 0 aliphatic carbocycles. The summed E-state index contributed by atoms with van der Waals surface area (Å²) < 4.78 is 10.6. The first-order chi connectivity index (χ1) is 8.63. The van der Waals surface area contributed by atoms with Gasteiger partial charge >= 0.3 is 0 Å². The van der Waals surface area contributed by atoms with Crippen LogP contribution in [0.5, 0.6) is 5.75 Å². The molecular formula is C15H24NO2. The summed E-state index contributed by atoms with van der Waals surface area (Å²) in [4.78, 5) is 0. The lowest BCUT2D eigenvalue weighted by Gasteiger charge is -2.16. The van der Waals surface area contributed by atoms with Crippen molar-refractivity contribution in [2.45, 2.75) is 32.7 Å². The Morgan fingerprint density at radius 1 is 1.33 bits per heavy atom. The van der Waals surface area contributed by atoms with Gasteiger partial charge in [0.25, 0.3) is 0 Å². The standard InChI is InChI=1S/C15H24NO2/c1-12(2)15(16)11-13-6-4-7-14(10-13)18-9-5-8-17-3/h4,6,10,12,15H,5,8-9,11,16H2,1-3H3. The van der Waals surface area contributed by atoms with Gasteiger partial charge in [-0.05, 0) is 24.0 Å². The second kappa shape index (κ2) is 8.11. The van der Waals surface area contributed by atoms with E-state index in [9.17, 15) is 0 Å². The molecule has 1 aromatic carbocycles. The highest BCUT2D eigenvalue weighted by Gasteiger charge is 2.08. The van der Waals surface area contributed by atoms with Crippen molar-refractivity contribution in [2.75, 3.05) is 20.3 Å². The molecule has 0 aromatic heterocycles. The van der Waals surface area contributed by atoms with Crippen molar-refractivity contribution in [1.29, 1.82) is 0 Å². The molecule has 1 radical (unpaired) electrons. The van der Waals surface area contributed by atoms with Gasteiger partial charge in [-0.15, -0.1) is 0 Å². The maximum absolute atomic E-state index is 6.07. The van der Waals surface area contributed by atoms with Crippen molar-refractivity contribution < 1.29 is 9.47 Å². The summed E-state index contributed by atoms with van der Waals surface area (Å²) in [5.41, 5.74) is 7.28. The first-order valence-electron chi connectivity index (χ1n) is 6.51. The van der Waals surface area contributed by atoms with Crippen LogP contribution in [0.3, 0.4) is 0 Å². The van der Waals surface area contributed by atoms with Gasteiger partial charge < -0.3 is 15.2 Å². The highest BCUT2D eigenvalue weighted by atomic mass is 16.5. The zero-order chi connectivity index (χ0) is 13.4. The Labute approximate surface area is 110 Å². The normalized spacial score (nSPS) is 12.7. The van der Waals surface area contributed by atoms with Crippen LogP contribution in [0.25, 0.3) is 0 Å². The van der Waals surface area contributed by atoms with Crippen molar-refractivity contribution in [3.05, 3.63) is 29.8 Å². The van der Waals surface area contributed by atoms with E-state index in [4.69, 9.17) is 15.2 Å². The molecule has 3 nitrogen and oxygen atoms in total. The molecule has 1 unspecified atom stereocenters. The first kappa shape index (κ1) is 15.0. The fourth-order valence-corrected chi connectivity index (χ4v) is 1.59. The van der Waals surface area contributed by atoms with Gasteiger partial charge in [-0.3, -0.25) is 0 Å². The Hall–Kier alpha value is -1.06. The molecule has 18 heavy (non-hydrogen) atoms. The van der Waals surface area contributed by atoms with Crippen LogP contribution >= 0.6 is 0 Å². The quantitative estimate of drug-likeness (QED) is 0.721. The molecular weight excluding hydrogens is 226 g/mol. The Bertz CT molecular complexity index is 339. The van der Waals surface area contributed by atoms with E-state index < -0.39 is 0 Å². The predicted molar refractivity (Wildman–Crippen MR) is 73.8 cm³/mol. The van der Waals surface area contributed by atoms with Gasteiger partial charge in [0.15, 0.2) is 0 Å². The van der Waals surface area contributed by atoms with Gasteiger partial charge in [-0.25, -0.2) is 0 Å². The monoisotopic (exact) mass is 250 g/mol. The van der Waals surface area contributed by atoms with Gasteiger partial charge in [0.1, 0.15) is 5.75 Å². The largest absolute Gasteiger partial charge is 0.493 e. The number of nitrogens with two attached hydrogens (primary N) is 1. The number of hydrogen-bond acceptors (Lipinski definition) is 3. The minimum atomic E-state index is 0.189. The Morgan fingerprint density at radius 3 is 2.78 bits per heavy atom. The lowest BCUT2D eigenvalue weighted by molar-refractivity contribution is 0.172. The minimum absolute atomic E-state index is 0.189. The summed E-state index contributed by atoms with van der Waals surface area (Å²) >= 11 is 0. The van der Waals surface area contributed by atoms with E-state index in [0.29, 0.717) is 12.5 Å². The fraction of sp³-hybridized carbons (Fsp3) is 0.600.